The Kier molecular flexibility index (Phi) is 6.50. The van der Waals surface area contributed by atoms with Gasteiger partial charge in [0.1, 0.15) is 5.75 Å². The van der Waals surface area contributed by atoms with Crippen molar-refractivity contribution in [3.63, 3.8) is 0 Å². The molecule has 0 amide bonds. The molecule has 0 spiro atoms. The molecule has 19 heavy (non-hydrogen) atoms. The van der Waals surface area contributed by atoms with Crippen LogP contribution in [0.5, 0.6) is 5.75 Å². The highest BCUT2D eigenvalue weighted by molar-refractivity contribution is 5.59. The van der Waals surface area contributed by atoms with Crippen LogP contribution in [0.2, 0.25) is 0 Å². The predicted molar refractivity (Wildman–Crippen MR) is 80.6 cm³/mol. The number of rotatable bonds is 8. The van der Waals surface area contributed by atoms with Crippen LogP contribution in [0.25, 0.3) is 0 Å². The van der Waals surface area contributed by atoms with Crippen LogP contribution < -0.4 is 15.8 Å². The lowest BCUT2D eigenvalue weighted by molar-refractivity contribution is 0.259. The molecule has 0 bridgehead atoms. The van der Waals surface area contributed by atoms with E-state index in [0.29, 0.717) is 18.2 Å². The van der Waals surface area contributed by atoms with Gasteiger partial charge in [-0.3, -0.25) is 0 Å². The summed E-state index contributed by atoms with van der Waals surface area (Å²) in [6.45, 7) is 7.13. The standard InChI is InChI=1S/C15H26N2O2/c1-4-5-19-15-8-12(16)7-13(9-15)17-14(10-18)6-11(2)3/h7-9,11,14,17-18H,4-6,10,16H2,1-3H3. The van der Waals surface area contributed by atoms with E-state index in [2.05, 4.69) is 26.1 Å². The number of nitrogens with one attached hydrogen (secondary N) is 1. The highest BCUT2D eigenvalue weighted by Crippen LogP contribution is 2.24. The Morgan fingerprint density at radius 1 is 1.32 bits per heavy atom. The Morgan fingerprint density at radius 3 is 2.63 bits per heavy atom. The first-order valence-corrected chi connectivity index (χ1v) is 6.95. The van der Waals surface area contributed by atoms with Crippen molar-refractivity contribution in [2.75, 3.05) is 24.3 Å². The van der Waals surface area contributed by atoms with E-state index in [1.165, 1.54) is 0 Å². The minimum absolute atomic E-state index is 0.0424. The van der Waals surface area contributed by atoms with Crippen molar-refractivity contribution in [1.82, 2.24) is 0 Å². The van der Waals surface area contributed by atoms with E-state index in [-0.39, 0.29) is 12.6 Å². The quantitative estimate of drug-likeness (QED) is 0.633. The molecule has 4 heteroatoms. The van der Waals surface area contributed by atoms with Crippen LogP contribution in [0, 0.1) is 5.92 Å². The molecule has 1 aromatic rings. The fraction of sp³-hybridized carbons (Fsp3) is 0.600. The zero-order valence-electron chi connectivity index (χ0n) is 12.1. The average molecular weight is 266 g/mol. The fourth-order valence-corrected chi connectivity index (χ4v) is 1.99. The molecule has 4 N–H and O–H groups in total. The maximum Gasteiger partial charge on any atom is 0.123 e. The minimum atomic E-state index is 0.0424. The third kappa shape index (κ3) is 5.83. The Bertz CT molecular complexity index is 380. The summed E-state index contributed by atoms with van der Waals surface area (Å²) in [4.78, 5) is 0. The molecule has 1 aromatic carbocycles. The molecule has 0 aliphatic carbocycles. The molecular formula is C15H26N2O2. The van der Waals surface area contributed by atoms with Gasteiger partial charge in [-0.2, -0.15) is 0 Å². The summed E-state index contributed by atoms with van der Waals surface area (Å²) in [6, 6.07) is 5.65. The number of nitrogens with two attached hydrogens (primary N) is 1. The van der Waals surface area contributed by atoms with Gasteiger partial charge in [0.2, 0.25) is 0 Å². The summed E-state index contributed by atoms with van der Waals surface area (Å²) >= 11 is 0. The van der Waals surface area contributed by atoms with E-state index in [1.807, 2.05) is 18.2 Å². The van der Waals surface area contributed by atoms with Crippen molar-refractivity contribution in [1.29, 1.82) is 0 Å². The molecule has 1 rings (SSSR count). The van der Waals surface area contributed by atoms with Crippen molar-refractivity contribution < 1.29 is 9.84 Å². The molecule has 108 valence electrons. The van der Waals surface area contributed by atoms with Crippen LogP contribution in [0.4, 0.5) is 11.4 Å². The van der Waals surface area contributed by atoms with Gasteiger partial charge in [-0.15, -0.1) is 0 Å². The monoisotopic (exact) mass is 266 g/mol. The number of anilines is 2. The number of aliphatic hydroxyl groups excluding tert-OH is 1. The fourth-order valence-electron chi connectivity index (χ4n) is 1.99. The molecular weight excluding hydrogens is 240 g/mol. The summed E-state index contributed by atoms with van der Waals surface area (Å²) < 4.78 is 5.59. The Morgan fingerprint density at radius 2 is 2.05 bits per heavy atom. The number of aliphatic hydroxyl groups is 1. The number of hydrogen-bond donors (Lipinski definition) is 3. The average Bonchev–Trinajstić information content (AvgIpc) is 2.34. The van der Waals surface area contributed by atoms with E-state index in [9.17, 15) is 5.11 Å². The first kappa shape index (κ1) is 15.6. The summed E-state index contributed by atoms with van der Waals surface area (Å²) in [5, 5.41) is 12.7. The number of benzene rings is 1. The lowest BCUT2D eigenvalue weighted by Gasteiger charge is -2.20. The highest BCUT2D eigenvalue weighted by Gasteiger charge is 2.10. The van der Waals surface area contributed by atoms with Gasteiger partial charge in [-0.1, -0.05) is 20.8 Å². The summed E-state index contributed by atoms with van der Waals surface area (Å²) in [7, 11) is 0. The van der Waals surface area contributed by atoms with Crippen molar-refractivity contribution >= 4 is 11.4 Å². The van der Waals surface area contributed by atoms with E-state index in [1.54, 1.807) is 0 Å². The topological polar surface area (TPSA) is 67.5 Å². The van der Waals surface area contributed by atoms with Crippen LogP contribution in [-0.4, -0.2) is 24.4 Å². The molecule has 0 heterocycles. The van der Waals surface area contributed by atoms with Gasteiger partial charge < -0.3 is 20.9 Å². The first-order valence-electron chi connectivity index (χ1n) is 6.95. The normalized spacial score (nSPS) is 12.5. The molecule has 0 aliphatic rings. The summed E-state index contributed by atoms with van der Waals surface area (Å²) in [5.41, 5.74) is 7.43. The van der Waals surface area contributed by atoms with E-state index >= 15 is 0 Å². The zero-order chi connectivity index (χ0) is 14.3. The molecule has 0 aliphatic heterocycles. The molecule has 0 aromatic heterocycles. The number of nitrogen functional groups attached to an aromatic ring is 1. The van der Waals surface area contributed by atoms with Crippen LogP contribution in [0.15, 0.2) is 18.2 Å². The van der Waals surface area contributed by atoms with Crippen molar-refractivity contribution in [3.8, 4) is 5.75 Å². The first-order chi connectivity index (χ1) is 9.05. The van der Waals surface area contributed by atoms with Gasteiger partial charge in [0.25, 0.3) is 0 Å². The van der Waals surface area contributed by atoms with Gasteiger partial charge in [0.05, 0.1) is 13.2 Å². The smallest absolute Gasteiger partial charge is 0.123 e. The number of ether oxygens (including phenoxy) is 1. The van der Waals surface area contributed by atoms with Crippen LogP contribution in [0.3, 0.4) is 0 Å². The lowest BCUT2D eigenvalue weighted by Crippen LogP contribution is -2.25. The van der Waals surface area contributed by atoms with Crippen LogP contribution in [0.1, 0.15) is 33.6 Å². The Balaban J connectivity index is 2.73. The molecule has 0 fully saturated rings. The van der Waals surface area contributed by atoms with Gasteiger partial charge in [0.15, 0.2) is 0 Å². The zero-order valence-corrected chi connectivity index (χ0v) is 12.1. The van der Waals surface area contributed by atoms with Crippen LogP contribution in [-0.2, 0) is 0 Å². The van der Waals surface area contributed by atoms with Gasteiger partial charge in [-0.05, 0) is 24.8 Å². The third-order valence-corrected chi connectivity index (χ3v) is 2.75. The maximum atomic E-state index is 9.39. The minimum Gasteiger partial charge on any atom is -0.493 e. The van der Waals surface area contributed by atoms with E-state index in [0.717, 1.165) is 24.3 Å². The molecule has 4 nitrogen and oxygen atoms in total. The Labute approximate surface area is 116 Å². The molecule has 0 radical (unpaired) electrons. The SMILES string of the molecule is CCCOc1cc(N)cc(NC(CO)CC(C)C)c1. The molecule has 1 unspecified atom stereocenters. The molecule has 0 saturated heterocycles. The second-order valence-electron chi connectivity index (χ2n) is 5.29. The van der Waals surface area contributed by atoms with Gasteiger partial charge in [-0.25, -0.2) is 0 Å². The second kappa shape index (κ2) is 7.89. The van der Waals surface area contributed by atoms with Crippen molar-refractivity contribution in [2.24, 2.45) is 5.92 Å². The maximum absolute atomic E-state index is 9.39. The van der Waals surface area contributed by atoms with Gasteiger partial charge >= 0.3 is 0 Å². The van der Waals surface area contributed by atoms with E-state index in [4.69, 9.17) is 10.5 Å². The van der Waals surface area contributed by atoms with E-state index < -0.39 is 0 Å². The third-order valence-electron chi connectivity index (χ3n) is 2.75. The van der Waals surface area contributed by atoms with Gasteiger partial charge in [0, 0.05) is 29.5 Å². The number of hydrogen-bond acceptors (Lipinski definition) is 4. The van der Waals surface area contributed by atoms with Crippen molar-refractivity contribution in [2.45, 2.75) is 39.7 Å². The predicted octanol–water partition coefficient (Wildman–Crippen LogP) is 2.88. The largest absolute Gasteiger partial charge is 0.493 e. The van der Waals surface area contributed by atoms with Crippen LogP contribution >= 0.6 is 0 Å². The van der Waals surface area contributed by atoms with Crippen molar-refractivity contribution in [3.05, 3.63) is 18.2 Å². The lowest BCUT2D eigenvalue weighted by atomic mass is 10.0. The highest BCUT2D eigenvalue weighted by atomic mass is 16.5. The Hall–Kier alpha value is -1.42. The molecule has 0 saturated carbocycles. The molecule has 1 atom stereocenters. The second-order valence-corrected chi connectivity index (χ2v) is 5.29. The summed E-state index contributed by atoms with van der Waals surface area (Å²) in [6.07, 6.45) is 1.88. The summed E-state index contributed by atoms with van der Waals surface area (Å²) in [5.74, 6) is 1.30.